The Labute approximate surface area is 182 Å². The number of pyridine rings is 1. The minimum Gasteiger partial charge on any atom is -0.492 e. The average Bonchev–Trinajstić information content (AvgIpc) is 3.31. The molecule has 3 aromatic rings. The van der Waals surface area contributed by atoms with Crippen LogP contribution in [0.3, 0.4) is 0 Å². The van der Waals surface area contributed by atoms with Crippen LogP contribution in [0.4, 0.5) is 16.2 Å². The third kappa shape index (κ3) is 6.45. The molecule has 0 bridgehead atoms. The molecule has 0 atom stereocenters. The molecule has 31 heavy (non-hydrogen) atoms. The summed E-state index contributed by atoms with van der Waals surface area (Å²) < 4.78 is 11.5. The Morgan fingerprint density at radius 3 is 1.97 bits per heavy atom. The maximum Gasteiger partial charge on any atom is 0.323 e. The summed E-state index contributed by atoms with van der Waals surface area (Å²) in [5.74, 6) is 2.18. The van der Waals surface area contributed by atoms with Crippen LogP contribution in [0, 0.1) is 0 Å². The number of aromatic nitrogens is 1. The lowest BCUT2D eigenvalue weighted by Crippen LogP contribution is -2.25. The van der Waals surface area contributed by atoms with E-state index in [4.69, 9.17) is 9.47 Å². The maximum absolute atomic E-state index is 12.3. The number of benzene rings is 2. The number of hydrogen-bond donors (Lipinski definition) is 2. The van der Waals surface area contributed by atoms with Gasteiger partial charge in [0.2, 0.25) is 0 Å². The van der Waals surface area contributed by atoms with Gasteiger partial charge in [-0.15, -0.1) is 0 Å². The Hall–Kier alpha value is -3.58. The first kappa shape index (κ1) is 20.7. The second kappa shape index (κ2) is 10.4. The van der Waals surface area contributed by atoms with Crippen molar-refractivity contribution in [3.8, 4) is 17.2 Å². The van der Waals surface area contributed by atoms with E-state index in [0.29, 0.717) is 29.5 Å². The molecule has 1 fully saturated rings. The van der Waals surface area contributed by atoms with Crippen molar-refractivity contribution >= 4 is 17.4 Å². The van der Waals surface area contributed by atoms with E-state index in [1.165, 1.54) is 25.9 Å². The van der Waals surface area contributed by atoms with Gasteiger partial charge in [-0.05, 0) is 86.6 Å². The molecule has 2 N–H and O–H groups in total. The summed E-state index contributed by atoms with van der Waals surface area (Å²) in [6.07, 6.45) is 5.91. The molecule has 1 aliphatic rings. The zero-order valence-electron chi connectivity index (χ0n) is 17.3. The number of nitrogens with zero attached hydrogens (tertiary/aromatic N) is 2. The van der Waals surface area contributed by atoms with Crippen LogP contribution in [-0.2, 0) is 0 Å². The van der Waals surface area contributed by atoms with Crippen molar-refractivity contribution in [3.05, 3.63) is 73.1 Å². The summed E-state index contributed by atoms with van der Waals surface area (Å²) in [7, 11) is 0. The van der Waals surface area contributed by atoms with Crippen LogP contribution in [0.2, 0.25) is 0 Å². The Kier molecular flexibility index (Phi) is 6.97. The van der Waals surface area contributed by atoms with Crippen molar-refractivity contribution in [1.82, 2.24) is 9.88 Å². The van der Waals surface area contributed by atoms with Gasteiger partial charge in [0.1, 0.15) is 23.9 Å². The number of hydrogen-bond acceptors (Lipinski definition) is 5. The van der Waals surface area contributed by atoms with Gasteiger partial charge in [0.05, 0.1) is 0 Å². The predicted octanol–water partition coefficient (Wildman–Crippen LogP) is 4.99. The molecule has 4 rings (SSSR count). The Bertz CT molecular complexity index is 956. The van der Waals surface area contributed by atoms with Crippen LogP contribution in [0.15, 0.2) is 73.1 Å². The number of anilines is 2. The highest BCUT2D eigenvalue weighted by atomic mass is 16.5. The molecule has 0 radical (unpaired) electrons. The topological polar surface area (TPSA) is 75.7 Å². The molecular formula is C24H26N4O3. The fraction of sp³-hybridized carbons (Fsp3) is 0.250. The molecule has 2 amide bonds. The monoisotopic (exact) mass is 418 g/mol. The summed E-state index contributed by atoms with van der Waals surface area (Å²) >= 11 is 0. The Morgan fingerprint density at radius 1 is 0.806 bits per heavy atom. The maximum atomic E-state index is 12.3. The number of carbonyl (C=O) groups is 1. The van der Waals surface area contributed by atoms with E-state index in [9.17, 15) is 4.79 Å². The van der Waals surface area contributed by atoms with Gasteiger partial charge >= 0.3 is 6.03 Å². The highest BCUT2D eigenvalue weighted by Gasteiger charge is 2.10. The van der Waals surface area contributed by atoms with Gasteiger partial charge in [-0.2, -0.15) is 0 Å². The summed E-state index contributed by atoms with van der Waals surface area (Å²) in [4.78, 5) is 18.6. The lowest BCUT2D eigenvalue weighted by atomic mass is 10.3. The lowest BCUT2D eigenvalue weighted by molar-refractivity contribution is 0.238. The molecular weight excluding hydrogens is 392 g/mol. The summed E-state index contributed by atoms with van der Waals surface area (Å²) in [5.41, 5.74) is 1.36. The lowest BCUT2D eigenvalue weighted by Gasteiger charge is -2.15. The number of rotatable bonds is 8. The van der Waals surface area contributed by atoms with Gasteiger partial charge < -0.3 is 20.1 Å². The van der Waals surface area contributed by atoms with E-state index in [1.807, 2.05) is 24.3 Å². The summed E-state index contributed by atoms with van der Waals surface area (Å²) in [6.45, 7) is 3.96. The third-order valence-corrected chi connectivity index (χ3v) is 4.98. The standard InChI is InChI=1S/C24H26N4O3/c29-24(27-20-5-9-22(10-6-20)31-23-11-13-25-14-12-23)26-19-3-7-21(8-4-19)30-18-17-28-15-1-2-16-28/h3-14H,1-2,15-18H2,(H2,26,27,29). The first-order valence-electron chi connectivity index (χ1n) is 10.5. The van der Waals surface area contributed by atoms with E-state index in [-0.39, 0.29) is 6.03 Å². The first-order valence-corrected chi connectivity index (χ1v) is 10.5. The number of amides is 2. The molecule has 0 aliphatic carbocycles. The zero-order valence-corrected chi connectivity index (χ0v) is 17.3. The van der Waals surface area contributed by atoms with Crippen molar-refractivity contribution in [1.29, 1.82) is 0 Å². The third-order valence-electron chi connectivity index (χ3n) is 4.98. The van der Waals surface area contributed by atoms with Crippen LogP contribution >= 0.6 is 0 Å². The van der Waals surface area contributed by atoms with Gasteiger partial charge in [-0.1, -0.05) is 0 Å². The molecule has 0 saturated carbocycles. The normalized spacial score (nSPS) is 13.5. The molecule has 1 saturated heterocycles. The second-order valence-corrected chi connectivity index (χ2v) is 7.31. The molecule has 0 spiro atoms. The van der Waals surface area contributed by atoms with Gasteiger partial charge in [0, 0.05) is 30.3 Å². The SMILES string of the molecule is O=C(Nc1ccc(OCCN2CCCC2)cc1)Nc1ccc(Oc2ccncc2)cc1. The van der Waals surface area contributed by atoms with E-state index in [2.05, 4.69) is 20.5 Å². The summed E-state index contributed by atoms with van der Waals surface area (Å²) in [5, 5.41) is 5.63. The number of nitrogens with one attached hydrogen (secondary N) is 2. The van der Waals surface area contributed by atoms with Crippen molar-refractivity contribution in [2.75, 3.05) is 36.9 Å². The van der Waals surface area contributed by atoms with Gasteiger partial charge in [-0.3, -0.25) is 9.88 Å². The molecule has 7 heteroatoms. The smallest absolute Gasteiger partial charge is 0.323 e. The molecule has 160 valence electrons. The number of ether oxygens (including phenoxy) is 2. The minimum absolute atomic E-state index is 0.314. The Morgan fingerprint density at radius 2 is 1.35 bits per heavy atom. The zero-order chi connectivity index (χ0) is 21.3. The van der Waals surface area contributed by atoms with Crippen LogP contribution in [0.5, 0.6) is 17.2 Å². The molecule has 2 heterocycles. The van der Waals surface area contributed by atoms with Crippen molar-refractivity contribution in [3.63, 3.8) is 0 Å². The highest BCUT2D eigenvalue weighted by Crippen LogP contribution is 2.22. The van der Waals surface area contributed by atoms with E-state index >= 15 is 0 Å². The number of urea groups is 1. The minimum atomic E-state index is -0.314. The first-order chi connectivity index (χ1) is 15.2. The second-order valence-electron chi connectivity index (χ2n) is 7.31. The fourth-order valence-corrected chi connectivity index (χ4v) is 3.38. The van der Waals surface area contributed by atoms with Crippen molar-refractivity contribution in [2.45, 2.75) is 12.8 Å². The molecule has 0 unspecified atom stereocenters. The van der Waals surface area contributed by atoms with Crippen LogP contribution in [0.1, 0.15) is 12.8 Å². The van der Waals surface area contributed by atoms with E-state index < -0.39 is 0 Å². The molecule has 1 aromatic heterocycles. The quantitative estimate of drug-likeness (QED) is 0.539. The van der Waals surface area contributed by atoms with E-state index in [1.54, 1.807) is 48.8 Å². The van der Waals surface area contributed by atoms with Gasteiger partial charge in [0.15, 0.2) is 0 Å². The predicted molar refractivity (Wildman–Crippen MR) is 121 cm³/mol. The molecule has 2 aromatic carbocycles. The van der Waals surface area contributed by atoms with Gasteiger partial charge in [-0.25, -0.2) is 4.79 Å². The average molecular weight is 418 g/mol. The van der Waals surface area contributed by atoms with Crippen LogP contribution in [0.25, 0.3) is 0 Å². The van der Waals surface area contributed by atoms with E-state index in [0.717, 1.165) is 12.3 Å². The number of likely N-dealkylation sites (tertiary alicyclic amines) is 1. The Balaban J connectivity index is 1.21. The van der Waals surface area contributed by atoms with Crippen LogP contribution in [-0.4, -0.2) is 42.2 Å². The van der Waals surface area contributed by atoms with Crippen molar-refractivity contribution < 1.29 is 14.3 Å². The highest BCUT2D eigenvalue weighted by molar-refractivity contribution is 5.99. The molecule has 1 aliphatic heterocycles. The summed E-state index contributed by atoms with van der Waals surface area (Å²) in [6, 6.07) is 17.8. The van der Waals surface area contributed by atoms with Gasteiger partial charge in [0.25, 0.3) is 0 Å². The number of carbonyl (C=O) groups excluding carboxylic acids is 1. The van der Waals surface area contributed by atoms with Crippen LogP contribution < -0.4 is 20.1 Å². The van der Waals surface area contributed by atoms with Crippen molar-refractivity contribution in [2.24, 2.45) is 0 Å². The fourth-order valence-electron chi connectivity index (χ4n) is 3.38. The molecule has 7 nitrogen and oxygen atoms in total. The largest absolute Gasteiger partial charge is 0.492 e.